The smallest absolute Gasteiger partial charge is 0.344 e. The number of ketones is 1. The monoisotopic (exact) mass is 982 g/mol. The van der Waals surface area contributed by atoms with E-state index in [0.29, 0.717) is 44.9 Å². The van der Waals surface area contributed by atoms with Gasteiger partial charge >= 0.3 is 17.9 Å². The molecule has 0 radical (unpaired) electrons. The van der Waals surface area contributed by atoms with Crippen LogP contribution in [0.3, 0.4) is 0 Å². The van der Waals surface area contributed by atoms with Crippen molar-refractivity contribution in [1.82, 2.24) is 0 Å². The van der Waals surface area contributed by atoms with Crippen LogP contribution in [-0.4, -0.2) is 30.8 Å². The lowest BCUT2D eigenvalue weighted by molar-refractivity contribution is 0.0724. The molecule has 2 aliphatic carbocycles. The highest BCUT2D eigenvalue weighted by atomic mass is 16.5. The van der Waals surface area contributed by atoms with E-state index in [-0.39, 0.29) is 16.6 Å². The minimum Gasteiger partial charge on any atom is -0.496 e. The highest BCUT2D eigenvalue weighted by Crippen LogP contribution is 2.48. The quantitative estimate of drug-likeness (QED) is 0.0677. The second-order valence-corrected chi connectivity index (χ2v) is 20.6. The summed E-state index contributed by atoms with van der Waals surface area (Å²) in [5, 5.41) is 2.99. The third kappa shape index (κ3) is 9.50. The Hall–Kier alpha value is -7.84. The predicted octanol–water partition coefficient (Wildman–Crippen LogP) is 15.6. The van der Waals surface area contributed by atoms with Crippen LogP contribution in [0, 0.1) is 27.7 Å². The Bertz CT molecular complexity index is 3510. The topological polar surface area (TPSA) is 105 Å². The standard InChI is InChI=1S/C66H62O8/c1-41-35-50(21-27-58(41)71-6)65(31-11-7-12-32-65)51-22-28-59(42(2)36-51)72-62(68)48-19-17-47-40-49(20-18-46(47)39-48)63(69)73-60-29-23-52(37-43(60)3)66(33-13-8-14-34-66)53-24-30-61(44(4)38-53)74-64(70)57-26-25-54(45(5)67)55-15-9-10-16-56(55)57/h9-10,15-30,35-40H,7-8,11-14,31-34H2,1-6H3. The summed E-state index contributed by atoms with van der Waals surface area (Å²) in [4.78, 5) is 53.4. The SMILES string of the molecule is COc1ccc(C2(c3ccc(OC(=O)c4ccc5cc(C(=O)Oc6ccc(C7(c8ccc(OC(=O)c9ccc(C(C)=O)c%10ccccc9%10)c(C)c8)CCCCC7)cc6C)ccc5c4)c(C)c3)CCCCC2)cc1C. The van der Waals surface area contributed by atoms with E-state index in [4.69, 9.17) is 18.9 Å². The number of benzene rings is 8. The summed E-state index contributed by atoms with van der Waals surface area (Å²) >= 11 is 0. The van der Waals surface area contributed by atoms with Gasteiger partial charge in [-0.15, -0.1) is 0 Å². The molecule has 8 aromatic carbocycles. The summed E-state index contributed by atoms with van der Waals surface area (Å²) in [7, 11) is 1.71. The van der Waals surface area contributed by atoms with E-state index in [1.165, 1.54) is 24.5 Å². The highest BCUT2D eigenvalue weighted by Gasteiger charge is 2.38. The van der Waals surface area contributed by atoms with Gasteiger partial charge in [0.1, 0.15) is 23.0 Å². The van der Waals surface area contributed by atoms with Crippen LogP contribution in [0.2, 0.25) is 0 Å². The molecule has 0 aliphatic heterocycles. The molecular formula is C66H62O8. The highest BCUT2D eigenvalue weighted by molar-refractivity contribution is 6.13. The van der Waals surface area contributed by atoms with Gasteiger partial charge in [0.2, 0.25) is 0 Å². The molecule has 0 spiro atoms. The van der Waals surface area contributed by atoms with Crippen LogP contribution in [0.25, 0.3) is 21.5 Å². The van der Waals surface area contributed by atoms with E-state index >= 15 is 0 Å². The molecule has 0 saturated heterocycles. The Balaban J connectivity index is 0.819. The summed E-state index contributed by atoms with van der Waals surface area (Å²) in [6.07, 6.45) is 10.9. The van der Waals surface area contributed by atoms with Gasteiger partial charge in [-0.3, -0.25) is 4.79 Å². The summed E-state index contributed by atoms with van der Waals surface area (Å²) in [5.74, 6) is 0.918. The Morgan fingerprint density at radius 2 is 0.757 bits per heavy atom. The summed E-state index contributed by atoms with van der Waals surface area (Å²) in [6.45, 7) is 9.55. The fraction of sp³-hybridized carbons (Fsp3) is 0.273. The number of Topliss-reactive ketones (excluding diaryl/α,β-unsaturated/α-hetero) is 1. The van der Waals surface area contributed by atoms with Gasteiger partial charge in [-0.2, -0.15) is 0 Å². The number of fused-ring (bicyclic) bond motifs is 2. The first-order chi connectivity index (χ1) is 35.8. The van der Waals surface area contributed by atoms with Gasteiger partial charge in [0.25, 0.3) is 0 Å². The molecule has 74 heavy (non-hydrogen) atoms. The lowest BCUT2D eigenvalue weighted by Crippen LogP contribution is -2.30. The van der Waals surface area contributed by atoms with E-state index < -0.39 is 17.9 Å². The molecule has 0 bridgehead atoms. The summed E-state index contributed by atoms with van der Waals surface area (Å²) in [5.41, 5.74) is 9.94. The molecule has 2 saturated carbocycles. The molecule has 0 heterocycles. The lowest BCUT2D eigenvalue weighted by atomic mass is 9.65. The molecule has 2 aliphatic rings. The number of methoxy groups -OCH3 is 1. The van der Waals surface area contributed by atoms with Crippen molar-refractivity contribution in [1.29, 1.82) is 0 Å². The van der Waals surface area contributed by atoms with Gasteiger partial charge in [-0.25, -0.2) is 14.4 Å². The van der Waals surface area contributed by atoms with Crippen LogP contribution >= 0.6 is 0 Å². The van der Waals surface area contributed by atoms with Crippen molar-refractivity contribution in [3.8, 4) is 23.0 Å². The maximum Gasteiger partial charge on any atom is 0.344 e. The molecule has 0 atom stereocenters. The van der Waals surface area contributed by atoms with E-state index in [1.54, 1.807) is 43.5 Å². The lowest BCUT2D eigenvalue weighted by Gasteiger charge is -2.39. The summed E-state index contributed by atoms with van der Waals surface area (Å²) < 4.78 is 23.7. The van der Waals surface area contributed by atoms with Crippen molar-refractivity contribution in [2.24, 2.45) is 0 Å². The first kappa shape index (κ1) is 49.7. The summed E-state index contributed by atoms with van der Waals surface area (Å²) in [6, 6.07) is 46.5. The van der Waals surface area contributed by atoms with Gasteiger partial charge in [-0.05, 0) is 187 Å². The van der Waals surface area contributed by atoms with Crippen molar-refractivity contribution in [2.45, 2.75) is 110 Å². The molecule has 8 nitrogen and oxygen atoms in total. The molecule has 0 amide bonds. The zero-order valence-corrected chi connectivity index (χ0v) is 43.2. The van der Waals surface area contributed by atoms with Crippen molar-refractivity contribution >= 4 is 45.2 Å². The number of esters is 3. The zero-order valence-electron chi connectivity index (χ0n) is 43.2. The molecule has 8 heteroatoms. The van der Waals surface area contributed by atoms with Crippen molar-refractivity contribution in [3.63, 3.8) is 0 Å². The van der Waals surface area contributed by atoms with Crippen LogP contribution in [0.4, 0.5) is 0 Å². The average Bonchev–Trinajstić information content (AvgIpc) is 3.42. The third-order valence-electron chi connectivity index (χ3n) is 16.0. The van der Waals surface area contributed by atoms with Gasteiger partial charge in [-0.1, -0.05) is 123 Å². The van der Waals surface area contributed by atoms with Crippen molar-refractivity contribution < 1.29 is 38.1 Å². The average molecular weight is 983 g/mol. The van der Waals surface area contributed by atoms with Crippen LogP contribution < -0.4 is 18.9 Å². The van der Waals surface area contributed by atoms with Crippen molar-refractivity contribution in [3.05, 3.63) is 212 Å². The maximum atomic E-state index is 13.7. The number of ether oxygens (including phenoxy) is 4. The zero-order chi connectivity index (χ0) is 51.7. The molecule has 8 aromatic rings. The minimum absolute atomic E-state index is 0.0632. The van der Waals surface area contributed by atoms with Crippen LogP contribution in [0.5, 0.6) is 23.0 Å². The number of carbonyl (C=O) groups is 4. The Kier molecular flexibility index (Phi) is 13.8. The second-order valence-electron chi connectivity index (χ2n) is 20.6. The Morgan fingerprint density at radius 1 is 0.392 bits per heavy atom. The molecule has 0 aromatic heterocycles. The van der Waals surface area contributed by atoms with E-state index in [1.807, 2.05) is 75.4 Å². The number of rotatable bonds is 12. The van der Waals surface area contributed by atoms with Gasteiger partial charge in [0.05, 0.1) is 23.8 Å². The first-order valence-corrected chi connectivity index (χ1v) is 26.0. The molecule has 10 rings (SSSR count). The largest absolute Gasteiger partial charge is 0.496 e. The molecule has 0 N–H and O–H groups in total. The number of aryl methyl sites for hydroxylation is 4. The molecule has 2 fully saturated rings. The van der Waals surface area contributed by atoms with E-state index in [0.717, 1.165) is 113 Å². The van der Waals surface area contributed by atoms with Crippen LogP contribution in [-0.2, 0) is 10.8 Å². The molecule has 374 valence electrons. The number of hydrogen-bond donors (Lipinski definition) is 0. The second kappa shape index (κ2) is 20.6. The number of carbonyl (C=O) groups excluding carboxylic acids is 4. The van der Waals surface area contributed by atoms with Gasteiger partial charge < -0.3 is 18.9 Å². The fourth-order valence-corrected chi connectivity index (χ4v) is 11.9. The van der Waals surface area contributed by atoms with Crippen molar-refractivity contribution in [2.75, 3.05) is 7.11 Å². The van der Waals surface area contributed by atoms with Gasteiger partial charge in [0.15, 0.2) is 5.78 Å². The third-order valence-corrected chi connectivity index (χ3v) is 16.0. The normalized spacial score (nSPS) is 15.1. The predicted molar refractivity (Wildman–Crippen MR) is 292 cm³/mol. The minimum atomic E-state index is -0.479. The fourth-order valence-electron chi connectivity index (χ4n) is 11.9. The van der Waals surface area contributed by atoms with E-state index in [2.05, 4.69) is 61.5 Å². The van der Waals surface area contributed by atoms with E-state index in [9.17, 15) is 19.2 Å². The molecule has 0 unspecified atom stereocenters. The molecular weight excluding hydrogens is 921 g/mol. The Morgan fingerprint density at radius 3 is 1.14 bits per heavy atom. The number of hydrogen-bond acceptors (Lipinski definition) is 8. The Labute approximate surface area is 433 Å². The van der Waals surface area contributed by atoms with Gasteiger partial charge in [0, 0.05) is 16.4 Å². The maximum absolute atomic E-state index is 13.7. The van der Waals surface area contributed by atoms with Crippen LogP contribution in [0.1, 0.15) is 157 Å². The van der Waals surface area contributed by atoms with Crippen LogP contribution in [0.15, 0.2) is 146 Å². The first-order valence-electron chi connectivity index (χ1n) is 26.0.